The molecule has 0 spiro atoms. The highest BCUT2D eigenvalue weighted by molar-refractivity contribution is 5.35. The van der Waals surface area contributed by atoms with Crippen molar-refractivity contribution in [3.8, 4) is 0 Å². The van der Waals surface area contributed by atoms with Crippen molar-refractivity contribution in [2.75, 3.05) is 6.61 Å². The summed E-state index contributed by atoms with van der Waals surface area (Å²) in [5.41, 5.74) is 2.46. The number of ether oxygens (including phenoxy) is 1. The molecular weight excluding hydrogens is 229 g/mol. The predicted molar refractivity (Wildman–Crippen MR) is 69.0 cm³/mol. The molecule has 3 atom stereocenters. The van der Waals surface area contributed by atoms with Crippen molar-refractivity contribution in [2.45, 2.75) is 50.8 Å². The van der Waals surface area contributed by atoms with Crippen LogP contribution in [0.4, 0.5) is 4.39 Å². The van der Waals surface area contributed by atoms with Crippen molar-refractivity contribution in [1.82, 2.24) is 5.32 Å². The molecule has 18 heavy (non-hydrogen) atoms. The summed E-state index contributed by atoms with van der Waals surface area (Å²) in [4.78, 5) is 0. The maximum Gasteiger partial charge on any atom is 0.123 e. The van der Waals surface area contributed by atoms with Crippen molar-refractivity contribution in [3.63, 3.8) is 0 Å². The van der Waals surface area contributed by atoms with E-state index in [1.165, 1.54) is 11.1 Å². The Morgan fingerprint density at radius 3 is 3.06 bits per heavy atom. The molecule has 3 heteroatoms. The van der Waals surface area contributed by atoms with Crippen LogP contribution in [0.15, 0.2) is 18.2 Å². The van der Waals surface area contributed by atoms with E-state index in [1.54, 1.807) is 12.1 Å². The van der Waals surface area contributed by atoms with Gasteiger partial charge in [-0.2, -0.15) is 0 Å². The van der Waals surface area contributed by atoms with Gasteiger partial charge >= 0.3 is 0 Å². The third-order valence-electron chi connectivity index (χ3n) is 4.10. The fourth-order valence-corrected chi connectivity index (χ4v) is 3.19. The molecule has 2 nitrogen and oxygen atoms in total. The monoisotopic (exact) mass is 249 g/mol. The van der Waals surface area contributed by atoms with Gasteiger partial charge in [-0.05, 0) is 55.9 Å². The molecule has 2 aliphatic rings. The second-order valence-electron chi connectivity index (χ2n) is 5.50. The van der Waals surface area contributed by atoms with Gasteiger partial charge in [0.15, 0.2) is 0 Å². The Morgan fingerprint density at radius 2 is 2.22 bits per heavy atom. The lowest BCUT2D eigenvalue weighted by Crippen LogP contribution is -2.39. The van der Waals surface area contributed by atoms with E-state index in [-0.39, 0.29) is 5.82 Å². The van der Waals surface area contributed by atoms with Crippen LogP contribution in [0.1, 0.15) is 43.4 Å². The van der Waals surface area contributed by atoms with Crippen molar-refractivity contribution >= 4 is 0 Å². The molecule has 1 heterocycles. The molecule has 0 radical (unpaired) electrons. The van der Waals surface area contributed by atoms with E-state index in [2.05, 4.69) is 12.2 Å². The summed E-state index contributed by atoms with van der Waals surface area (Å²) >= 11 is 0. The zero-order valence-corrected chi connectivity index (χ0v) is 10.8. The van der Waals surface area contributed by atoms with Gasteiger partial charge < -0.3 is 10.1 Å². The number of nitrogens with one attached hydrogen (secondary N) is 1. The highest BCUT2D eigenvalue weighted by Gasteiger charge is 2.27. The molecular formula is C15H20FNO. The van der Waals surface area contributed by atoms with Gasteiger partial charge in [0, 0.05) is 18.7 Å². The largest absolute Gasteiger partial charge is 0.378 e. The zero-order chi connectivity index (χ0) is 12.5. The molecule has 1 aliphatic carbocycles. The van der Waals surface area contributed by atoms with Crippen LogP contribution in [0.3, 0.4) is 0 Å². The van der Waals surface area contributed by atoms with Gasteiger partial charge in [-0.15, -0.1) is 0 Å². The quantitative estimate of drug-likeness (QED) is 0.870. The molecule has 1 aromatic carbocycles. The summed E-state index contributed by atoms with van der Waals surface area (Å²) in [7, 11) is 0. The minimum atomic E-state index is -0.117. The van der Waals surface area contributed by atoms with Crippen LogP contribution in [0.2, 0.25) is 0 Å². The first-order valence-corrected chi connectivity index (χ1v) is 6.88. The van der Waals surface area contributed by atoms with Gasteiger partial charge in [-0.1, -0.05) is 6.07 Å². The fraction of sp³-hybridized carbons (Fsp3) is 0.600. The number of fused-ring (bicyclic) bond motifs is 1. The molecule has 0 aromatic heterocycles. The van der Waals surface area contributed by atoms with Gasteiger partial charge in [-0.3, -0.25) is 0 Å². The lowest BCUT2D eigenvalue weighted by atomic mass is 10.0. The van der Waals surface area contributed by atoms with E-state index >= 15 is 0 Å². The highest BCUT2D eigenvalue weighted by Crippen LogP contribution is 2.32. The van der Waals surface area contributed by atoms with Gasteiger partial charge in [0.25, 0.3) is 0 Å². The summed E-state index contributed by atoms with van der Waals surface area (Å²) in [5, 5.41) is 3.72. The van der Waals surface area contributed by atoms with Gasteiger partial charge in [0.05, 0.1) is 6.10 Å². The van der Waals surface area contributed by atoms with Gasteiger partial charge in [0.2, 0.25) is 0 Å². The summed E-state index contributed by atoms with van der Waals surface area (Å²) in [6.07, 6.45) is 4.59. The van der Waals surface area contributed by atoms with Crippen LogP contribution in [-0.2, 0) is 11.2 Å². The fourth-order valence-electron chi connectivity index (χ4n) is 3.19. The van der Waals surface area contributed by atoms with E-state index in [1.807, 2.05) is 6.07 Å². The third kappa shape index (κ3) is 2.43. The molecule has 1 aromatic rings. The molecule has 1 fully saturated rings. The second kappa shape index (κ2) is 4.98. The summed E-state index contributed by atoms with van der Waals surface area (Å²) < 4.78 is 18.7. The summed E-state index contributed by atoms with van der Waals surface area (Å²) in [6.45, 7) is 2.98. The minimum Gasteiger partial charge on any atom is -0.378 e. The van der Waals surface area contributed by atoms with E-state index in [4.69, 9.17) is 4.74 Å². The van der Waals surface area contributed by atoms with Crippen molar-refractivity contribution in [2.24, 2.45) is 0 Å². The first-order chi connectivity index (χ1) is 8.72. The number of rotatable bonds is 2. The molecule has 3 unspecified atom stereocenters. The Morgan fingerprint density at radius 1 is 1.33 bits per heavy atom. The SMILES string of the molecule is CC1CC(NC2CCc3cc(F)ccc32)CCO1. The number of hydrogen-bond acceptors (Lipinski definition) is 2. The van der Waals surface area contributed by atoms with E-state index in [0.717, 1.165) is 32.3 Å². The lowest BCUT2D eigenvalue weighted by molar-refractivity contribution is 0.0112. The molecule has 1 aliphatic heterocycles. The van der Waals surface area contributed by atoms with Crippen LogP contribution in [0.5, 0.6) is 0 Å². The Bertz CT molecular complexity index is 435. The van der Waals surface area contributed by atoms with E-state index in [9.17, 15) is 4.39 Å². The zero-order valence-electron chi connectivity index (χ0n) is 10.8. The maximum atomic E-state index is 13.2. The third-order valence-corrected chi connectivity index (χ3v) is 4.10. The standard InChI is InChI=1S/C15H20FNO/c1-10-8-13(6-7-18-10)17-15-5-2-11-9-12(16)3-4-14(11)15/h3-4,9-10,13,15,17H,2,5-8H2,1H3. The lowest BCUT2D eigenvalue weighted by Gasteiger charge is -2.30. The van der Waals surface area contributed by atoms with Gasteiger partial charge in [-0.25, -0.2) is 4.39 Å². The Kier molecular flexibility index (Phi) is 3.35. The maximum absolute atomic E-state index is 13.2. The summed E-state index contributed by atoms with van der Waals surface area (Å²) in [5.74, 6) is -0.117. The topological polar surface area (TPSA) is 21.3 Å². The van der Waals surface area contributed by atoms with Crippen LogP contribution < -0.4 is 5.32 Å². The number of hydrogen-bond donors (Lipinski definition) is 1. The first kappa shape index (κ1) is 12.1. The molecule has 0 bridgehead atoms. The molecule has 1 saturated heterocycles. The summed E-state index contributed by atoms with van der Waals surface area (Å²) in [6, 6.07) is 6.14. The first-order valence-electron chi connectivity index (χ1n) is 6.88. The minimum absolute atomic E-state index is 0.117. The number of halogens is 1. The van der Waals surface area contributed by atoms with Crippen LogP contribution >= 0.6 is 0 Å². The van der Waals surface area contributed by atoms with Crippen LogP contribution in [0, 0.1) is 5.82 Å². The molecule has 1 N–H and O–H groups in total. The van der Waals surface area contributed by atoms with Crippen LogP contribution in [-0.4, -0.2) is 18.8 Å². The Labute approximate surface area is 108 Å². The molecule has 0 saturated carbocycles. The molecule has 98 valence electrons. The Balaban J connectivity index is 1.69. The van der Waals surface area contributed by atoms with Crippen molar-refractivity contribution in [3.05, 3.63) is 35.1 Å². The van der Waals surface area contributed by atoms with E-state index in [0.29, 0.717) is 18.2 Å². The van der Waals surface area contributed by atoms with E-state index < -0.39 is 0 Å². The average molecular weight is 249 g/mol. The highest BCUT2D eigenvalue weighted by atomic mass is 19.1. The molecule has 0 amide bonds. The number of aryl methyl sites for hydroxylation is 1. The second-order valence-corrected chi connectivity index (χ2v) is 5.50. The van der Waals surface area contributed by atoms with Crippen molar-refractivity contribution in [1.29, 1.82) is 0 Å². The smallest absolute Gasteiger partial charge is 0.123 e. The van der Waals surface area contributed by atoms with Gasteiger partial charge in [0.1, 0.15) is 5.82 Å². The Hall–Kier alpha value is -0.930. The average Bonchev–Trinajstić information content (AvgIpc) is 2.72. The van der Waals surface area contributed by atoms with Crippen LogP contribution in [0.25, 0.3) is 0 Å². The number of benzene rings is 1. The van der Waals surface area contributed by atoms with Crippen molar-refractivity contribution < 1.29 is 9.13 Å². The molecule has 3 rings (SSSR count). The predicted octanol–water partition coefficient (Wildman–Crippen LogP) is 2.97. The normalized spacial score (nSPS) is 31.3.